The average Bonchev–Trinajstić information content (AvgIpc) is 2.56. The highest BCUT2D eigenvalue weighted by Crippen LogP contribution is 2.39. The van der Waals surface area contributed by atoms with E-state index in [1.54, 1.807) is 0 Å². The van der Waals surface area contributed by atoms with Crippen LogP contribution < -0.4 is 0 Å². The van der Waals surface area contributed by atoms with Gasteiger partial charge in [0, 0.05) is 18.0 Å². The molecule has 0 aromatic heterocycles. The second kappa shape index (κ2) is 6.28. The zero-order valence-electron chi connectivity index (χ0n) is 12.5. The molecule has 2 bridgehead atoms. The van der Waals surface area contributed by atoms with E-state index in [4.69, 9.17) is 0 Å². The molecule has 2 nitrogen and oxygen atoms in total. The molecule has 2 unspecified atom stereocenters. The SMILES string of the molecule is CCCN1[C@@H]2CCC[C@@H]1C(O)C(c1ccccc1)CC2. The minimum Gasteiger partial charge on any atom is -0.391 e. The molecule has 0 saturated carbocycles. The van der Waals surface area contributed by atoms with Gasteiger partial charge in [-0.15, -0.1) is 0 Å². The summed E-state index contributed by atoms with van der Waals surface area (Å²) in [5, 5.41) is 11.0. The summed E-state index contributed by atoms with van der Waals surface area (Å²) in [6.07, 6.45) is 7.14. The predicted octanol–water partition coefficient (Wildman–Crippen LogP) is 3.56. The lowest BCUT2D eigenvalue weighted by Gasteiger charge is -2.42. The van der Waals surface area contributed by atoms with Crippen molar-refractivity contribution in [1.82, 2.24) is 4.90 Å². The normalized spacial score (nSPS) is 34.7. The summed E-state index contributed by atoms with van der Waals surface area (Å²) in [7, 11) is 0. The fourth-order valence-electron chi connectivity index (χ4n) is 4.32. The van der Waals surface area contributed by atoms with E-state index in [1.807, 2.05) is 0 Å². The maximum Gasteiger partial charge on any atom is 0.0763 e. The summed E-state index contributed by atoms with van der Waals surface area (Å²) < 4.78 is 0. The molecule has 0 spiro atoms. The predicted molar refractivity (Wildman–Crippen MR) is 82.8 cm³/mol. The van der Waals surface area contributed by atoms with Crippen molar-refractivity contribution in [3.63, 3.8) is 0 Å². The molecule has 2 heteroatoms. The van der Waals surface area contributed by atoms with Crippen molar-refractivity contribution in [2.24, 2.45) is 0 Å². The minimum absolute atomic E-state index is 0.200. The van der Waals surface area contributed by atoms with Crippen LogP contribution in [0, 0.1) is 0 Å². The lowest BCUT2D eigenvalue weighted by molar-refractivity contribution is 0.00114. The van der Waals surface area contributed by atoms with Gasteiger partial charge in [0.1, 0.15) is 0 Å². The Morgan fingerprint density at radius 1 is 1.10 bits per heavy atom. The molecule has 20 heavy (non-hydrogen) atoms. The van der Waals surface area contributed by atoms with Gasteiger partial charge in [-0.2, -0.15) is 0 Å². The highest BCUT2D eigenvalue weighted by molar-refractivity contribution is 5.22. The molecule has 0 aliphatic carbocycles. The third kappa shape index (κ3) is 2.64. The van der Waals surface area contributed by atoms with Gasteiger partial charge in [-0.25, -0.2) is 0 Å². The van der Waals surface area contributed by atoms with Crippen LogP contribution in [0.25, 0.3) is 0 Å². The van der Waals surface area contributed by atoms with Crippen LogP contribution in [-0.4, -0.2) is 34.7 Å². The van der Waals surface area contributed by atoms with Crippen molar-refractivity contribution < 1.29 is 5.11 Å². The van der Waals surface area contributed by atoms with Crippen molar-refractivity contribution in [3.05, 3.63) is 35.9 Å². The molecular formula is C18H27NO. The highest BCUT2D eigenvalue weighted by atomic mass is 16.3. The van der Waals surface area contributed by atoms with Gasteiger partial charge < -0.3 is 5.11 Å². The van der Waals surface area contributed by atoms with Gasteiger partial charge in [0.2, 0.25) is 0 Å². The van der Waals surface area contributed by atoms with Gasteiger partial charge in [0.05, 0.1) is 6.10 Å². The summed E-state index contributed by atoms with van der Waals surface area (Å²) in [4.78, 5) is 2.62. The van der Waals surface area contributed by atoms with Crippen LogP contribution in [0.2, 0.25) is 0 Å². The smallest absolute Gasteiger partial charge is 0.0763 e. The third-order valence-electron chi connectivity index (χ3n) is 5.26. The monoisotopic (exact) mass is 273 g/mol. The van der Waals surface area contributed by atoms with E-state index in [2.05, 4.69) is 42.2 Å². The van der Waals surface area contributed by atoms with Gasteiger partial charge in [-0.05, 0) is 44.2 Å². The van der Waals surface area contributed by atoms with Crippen LogP contribution in [0.5, 0.6) is 0 Å². The number of aliphatic hydroxyl groups is 1. The van der Waals surface area contributed by atoms with Gasteiger partial charge in [-0.3, -0.25) is 4.90 Å². The lowest BCUT2D eigenvalue weighted by atomic mass is 9.85. The first-order valence-corrected chi connectivity index (χ1v) is 8.30. The molecule has 2 heterocycles. The van der Waals surface area contributed by atoms with Gasteiger partial charge >= 0.3 is 0 Å². The van der Waals surface area contributed by atoms with Crippen LogP contribution in [0.4, 0.5) is 0 Å². The number of nitrogens with zero attached hydrogens (tertiary/aromatic N) is 1. The Kier molecular flexibility index (Phi) is 4.42. The summed E-state index contributed by atoms with van der Waals surface area (Å²) in [5.41, 5.74) is 1.32. The molecule has 1 N–H and O–H groups in total. The molecule has 2 aliphatic rings. The molecule has 2 fully saturated rings. The maximum absolute atomic E-state index is 11.0. The highest BCUT2D eigenvalue weighted by Gasteiger charge is 2.41. The van der Waals surface area contributed by atoms with Crippen LogP contribution >= 0.6 is 0 Å². The van der Waals surface area contributed by atoms with Crippen LogP contribution in [0.15, 0.2) is 30.3 Å². The molecule has 0 radical (unpaired) electrons. The number of fused-ring (bicyclic) bond motifs is 2. The first-order valence-electron chi connectivity index (χ1n) is 8.30. The molecular weight excluding hydrogens is 246 g/mol. The number of hydrogen-bond donors (Lipinski definition) is 1. The molecule has 2 aliphatic heterocycles. The molecule has 1 aromatic carbocycles. The minimum atomic E-state index is -0.200. The number of benzene rings is 1. The second-order valence-electron chi connectivity index (χ2n) is 6.48. The van der Waals surface area contributed by atoms with Gasteiger partial charge in [0.15, 0.2) is 0 Å². The molecule has 4 atom stereocenters. The quantitative estimate of drug-likeness (QED) is 0.910. The standard InChI is InChI=1S/C18H27NO/c1-2-13-19-15-9-6-10-17(19)18(20)16(12-11-15)14-7-4-3-5-8-14/h3-5,7-8,15-18,20H,2,6,9-13H2,1H3/t15-,16?,17-,18?/m1/s1. The molecule has 0 amide bonds. The summed E-state index contributed by atoms with van der Waals surface area (Å²) in [6, 6.07) is 11.7. The van der Waals surface area contributed by atoms with Crippen molar-refractivity contribution in [2.75, 3.05) is 6.54 Å². The van der Waals surface area contributed by atoms with Gasteiger partial charge in [0.25, 0.3) is 0 Å². The first-order chi connectivity index (χ1) is 9.81. The molecule has 110 valence electrons. The van der Waals surface area contributed by atoms with Crippen molar-refractivity contribution in [3.8, 4) is 0 Å². The lowest BCUT2D eigenvalue weighted by Crippen LogP contribution is -2.51. The second-order valence-corrected chi connectivity index (χ2v) is 6.48. The largest absolute Gasteiger partial charge is 0.391 e. The van der Waals surface area contributed by atoms with Crippen LogP contribution in [-0.2, 0) is 0 Å². The van der Waals surface area contributed by atoms with Crippen LogP contribution in [0.3, 0.4) is 0 Å². The van der Waals surface area contributed by atoms with E-state index in [0.29, 0.717) is 18.0 Å². The Hall–Kier alpha value is -0.860. The molecule has 3 rings (SSSR count). The zero-order valence-corrected chi connectivity index (χ0v) is 12.5. The molecule has 2 saturated heterocycles. The number of aliphatic hydroxyl groups excluding tert-OH is 1. The fourth-order valence-corrected chi connectivity index (χ4v) is 4.32. The van der Waals surface area contributed by atoms with Crippen molar-refractivity contribution >= 4 is 0 Å². The van der Waals surface area contributed by atoms with E-state index in [-0.39, 0.29) is 6.10 Å². The third-order valence-corrected chi connectivity index (χ3v) is 5.26. The Bertz CT molecular complexity index is 419. The van der Waals surface area contributed by atoms with E-state index in [9.17, 15) is 5.11 Å². The topological polar surface area (TPSA) is 23.5 Å². The Morgan fingerprint density at radius 3 is 2.65 bits per heavy atom. The van der Waals surface area contributed by atoms with E-state index in [1.165, 1.54) is 37.7 Å². The van der Waals surface area contributed by atoms with E-state index in [0.717, 1.165) is 13.0 Å². The number of piperidine rings is 1. The van der Waals surface area contributed by atoms with Crippen molar-refractivity contribution in [1.29, 1.82) is 0 Å². The summed E-state index contributed by atoms with van der Waals surface area (Å²) in [6.45, 7) is 3.40. The summed E-state index contributed by atoms with van der Waals surface area (Å²) >= 11 is 0. The summed E-state index contributed by atoms with van der Waals surface area (Å²) in [5.74, 6) is 0.323. The van der Waals surface area contributed by atoms with Crippen molar-refractivity contribution in [2.45, 2.75) is 69.6 Å². The Labute approximate surface area is 122 Å². The first kappa shape index (κ1) is 14.1. The zero-order chi connectivity index (χ0) is 13.9. The van der Waals surface area contributed by atoms with E-state index >= 15 is 0 Å². The van der Waals surface area contributed by atoms with Gasteiger partial charge in [-0.1, -0.05) is 43.7 Å². The number of hydrogen-bond acceptors (Lipinski definition) is 2. The average molecular weight is 273 g/mol. The fraction of sp³-hybridized carbons (Fsp3) is 0.667. The Morgan fingerprint density at radius 2 is 1.90 bits per heavy atom. The molecule has 1 aromatic rings. The van der Waals surface area contributed by atoms with E-state index < -0.39 is 0 Å². The maximum atomic E-state index is 11.0. The van der Waals surface area contributed by atoms with Crippen LogP contribution in [0.1, 0.15) is 56.9 Å². The Balaban J connectivity index is 1.86. The number of rotatable bonds is 3.